The summed E-state index contributed by atoms with van der Waals surface area (Å²) in [5.74, 6) is 0. The van der Waals surface area contributed by atoms with E-state index in [1.165, 1.54) is 23.4 Å². The summed E-state index contributed by atoms with van der Waals surface area (Å²) < 4.78 is 1.62. The van der Waals surface area contributed by atoms with Crippen LogP contribution in [0, 0.1) is 6.92 Å². The lowest BCUT2D eigenvalue weighted by molar-refractivity contribution is 0.797. The number of benzene rings is 1. The number of aryl methyl sites for hydroxylation is 1. The van der Waals surface area contributed by atoms with Gasteiger partial charge in [0.25, 0.3) is 5.56 Å². The van der Waals surface area contributed by atoms with Crippen molar-refractivity contribution in [3.63, 3.8) is 0 Å². The maximum Gasteiger partial charge on any atom is 0.258 e. The molecule has 2 aromatic rings. The molecule has 0 amide bonds. The molecule has 0 aliphatic heterocycles. The zero-order valence-electron chi connectivity index (χ0n) is 9.18. The molecule has 0 bridgehead atoms. The average molecular weight is 232 g/mol. The Labute approximate surface area is 98.2 Å². The third-order valence-electron chi connectivity index (χ3n) is 2.29. The molecular formula is C12H12N2OS. The normalized spacial score (nSPS) is 10.4. The van der Waals surface area contributed by atoms with Crippen LogP contribution in [-0.2, 0) is 0 Å². The zero-order chi connectivity index (χ0) is 11.5. The lowest BCUT2D eigenvalue weighted by Gasteiger charge is -2.09. The summed E-state index contributed by atoms with van der Waals surface area (Å²) in [5, 5.41) is 0.705. The van der Waals surface area contributed by atoms with Crippen LogP contribution in [-0.4, -0.2) is 15.8 Å². The Morgan fingerprint density at radius 3 is 2.50 bits per heavy atom. The second-order valence-corrected chi connectivity index (χ2v) is 4.21. The van der Waals surface area contributed by atoms with Gasteiger partial charge in [-0.15, -0.1) is 0 Å². The van der Waals surface area contributed by atoms with Gasteiger partial charge in [0, 0.05) is 12.3 Å². The Balaban J connectivity index is 2.63. The molecule has 1 aromatic carbocycles. The van der Waals surface area contributed by atoms with Gasteiger partial charge in [-0.25, -0.2) is 4.98 Å². The van der Waals surface area contributed by atoms with Gasteiger partial charge in [-0.05, 0) is 25.3 Å². The van der Waals surface area contributed by atoms with E-state index in [0.717, 1.165) is 5.69 Å². The number of aromatic nitrogens is 2. The first kappa shape index (κ1) is 11.0. The lowest BCUT2D eigenvalue weighted by Crippen LogP contribution is -2.19. The molecular weight excluding hydrogens is 220 g/mol. The number of rotatable bonds is 2. The number of thioether (sulfide) groups is 1. The topological polar surface area (TPSA) is 34.9 Å². The van der Waals surface area contributed by atoms with Crippen molar-refractivity contribution in [1.82, 2.24) is 9.55 Å². The molecule has 0 saturated heterocycles. The molecule has 0 aliphatic rings. The third-order valence-corrected chi connectivity index (χ3v) is 2.94. The van der Waals surface area contributed by atoms with Crippen LogP contribution in [0.15, 0.2) is 46.5 Å². The van der Waals surface area contributed by atoms with Gasteiger partial charge < -0.3 is 0 Å². The van der Waals surface area contributed by atoms with E-state index >= 15 is 0 Å². The van der Waals surface area contributed by atoms with Crippen molar-refractivity contribution in [2.24, 2.45) is 0 Å². The smallest absolute Gasteiger partial charge is 0.258 e. The molecule has 0 radical (unpaired) electrons. The fraction of sp³-hybridized carbons (Fsp3) is 0.167. The van der Waals surface area contributed by atoms with Gasteiger partial charge in [0.1, 0.15) is 0 Å². The van der Waals surface area contributed by atoms with E-state index in [-0.39, 0.29) is 5.56 Å². The minimum atomic E-state index is -0.0526. The Bertz CT molecular complexity index is 546. The predicted molar refractivity (Wildman–Crippen MR) is 66.4 cm³/mol. The van der Waals surface area contributed by atoms with E-state index in [9.17, 15) is 4.79 Å². The van der Waals surface area contributed by atoms with Gasteiger partial charge in [-0.1, -0.05) is 29.5 Å². The van der Waals surface area contributed by atoms with E-state index < -0.39 is 0 Å². The Morgan fingerprint density at radius 1 is 1.19 bits per heavy atom. The predicted octanol–water partition coefficient (Wildman–Crippen LogP) is 2.26. The molecule has 1 aromatic heterocycles. The molecule has 82 valence electrons. The van der Waals surface area contributed by atoms with E-state index in [2.05, 4.69) is 4.98 Å². The molecule has 0 spiro atoms. The third kappa shape index (κ3) is 2.02. The van der Waals surface area contributed by atoms with Gasteiger partial charge >= 0.3 is 0 Å². The first-order chi connectivity index (χ1) is 7.72. The highest BCUT2D eigenvalue weighted by molar-refractivity contribution is 7.98. The van der Waals surface area contributed by atoms with Gasteiger partial charge in [-0.2, -0.15) is 0 Å². The SMILES string of the molecule is CSc1nccc(=O)n1-c1ccc(C)cc1. The standard InChI is InChI=1S/C12H12N2OS/c1-9-3-5-10(6-4-9)14-11(15)7-8-13-12(14)16-2/h3-8H,1-2H3. The van der Waals surface area contributed by atoms with Crippen molar-refractivity contribution >= 4 is 11.8 Å². The van der Waals surface area contributed by atoms with Gasteiger partial charge in [-0.3, -0.25) is 9.36 Å². The maximum atomic E-state index is 11.8. The van der Waals surface area contributed by atoms with Crippen LogP contribution >= 0.6 is 11.8 Å². The summed E-state index contributed by atoms with van der Waals surface area (Å²) in [6, 6.07) is 9.30. The fourth-order valence-corrected chi connectivity index (χ4v) is 2.01. The Kier molecular flexibility index (Phi) is 3.10. The number of nitrogens with zero attached hydrogens (tertiary/aromatic N) is 2. The number of hydrogen-bond acceptors (Lipinski definition) is 3. The highest BCUT2D eigenvalue weighted by Crippen LogP contribution is 2.14. The van der Waals surface area contributed by atoms with Gasteiger partial charge in [0.05, 0.1) is 5.69 Å². The van der Waals surface area contributed by atoms with Crippen LogP contribution < -0.4 is 5.56 Å². The summed E-state index contributed by atoms with van der Waals surface area (Å²) in [6.45, 7) is 2.02. The van der Waals surface area contributed by atoms with E-state index in [0.29, 0.717) is 5.16 Å². The highest BCUT2D eigenvalue weighted by atomic mass is 32.2. The van der Waals surface area contributed by atoms with Crippen LogP contribution in [0.3, 0.4) is 0 Å². The molecule has 1 heterocycles. The molecule has 0 saturated carbocycles. The van der Waals surface area contributed by atoms with Crippen molar-refractivity contribution in [1.29, 1.82) is 0 Å². The number of hydrogen-bond donors (Lipinski definition) is 0. The molecule has 16 heavy (non-hydrogen) atoms. The lowest BCUT2D eigenvalue weighted by atomic mass is 10.2. The van der Waals surface area contributed by atoms with Crippen molar-refractivity contribution < 1.29 is 0 Å². The van der Waals surface area contributed by atoms with Gasteiger partial charge in [0.2, 0.25) is 0 Å². The van der Waals surface area contributed by atoms with E-state index in [1.807, 2.05) is 37.4 Å². The van der Waals surface area contributed by atoms with Crippen molar-refractivity contribution in [3.8, 4) is 5.69 Å². The maximum absolute atomic E-state index is 11.8. The highest BCUT2D eigenvalue weighted by Gasteiger charge is 2.05. The van der Waals surface area contributed by atoms with Crippen molar-refractivity contribution in [2.75, 3.05) is 6.26 Å². The monoisotopic (exact) mass is 232 g/mol. The molecule has 0 N–H and O–H groups in total. The molecule has 0 unspecified atom stereocenters. The molecule has 2 rings (SSSR count). The summed E-state index contributed by atoms with van der Waals surface area (Å²) in [6.07, 6.45) is 3.45. The van der Waals surface area contributed by atoms with Crippen LogP contribution in [0.2, 0.25) is 0 Å². The molecule has 4 heteroatoms. The van der Waals surface area contributed by atoms with Crippen molar-refractivity contribution in [2.45, 2.75) is 12.1 Å². The van der Waals surface area contributed by atoms with E-state index in [1.54, 1.807) is 10.8 Å². The van der Waals surface area contributed by atoms with Crippen LogP contribution in [0.4, 0.5) is 0 Å². The fourth-order valence-electron chi connectivity index (χ4n) is 1.47. The summed E-state index contributed by atoms with van der Waals surface area (Å²) in [7, 11) is 0. The summed E-state index contributed by atoms with van der Waals surface area (Å²) >= 11 is 1.46. The molecule has 3 nitrogen and oxygen atoms in total. The Morgan fingerprint density at radius 2 is 1.88 bits per heavy atom. The first-order valence-corrected chi connectivity index (χ1v) is 6.14. The minimum absolute atomic E-state index is 0.0526. The largest absolute Gasteiger partial charge is 0.269 e. The summed E-state index contributed by atoms with van der Waals surface area (Å²) in [5.41, 5.74) is 1.97. The summed E-state index contributed by atoms with van der Waals surface area (Å²) in [4.78, 5) is 16.0. The van der Waals surface area contributed by atoms with Crippen LogP contribution in [0.25, 0.3) is 5.69 Å². The second kappa shape index (κ2) is 4.53. The van der Waals surface area contributed by atoms with Crippen LogP contribution in [0.1, 0.15) is 5.56 Å². The van der Waals surface area contributed by atoms with Gasteiger partial charge in [0.15, 0.2) is 5.16 Å². The minimum Gasteiger partial charge on any atom is -0.269 e. The average Bonchev–Trinajstić information content (AvgIpc) is 2.30. The molecule has 0 aliphatic carbocycles. The molecule has 0 atom stereocenters. The van der Waals surface area contributed by atoms with E-state index in [4.69, 9.17) is 0 Å². The van der Waals surface area contributed by atoms with Crippen LogP contribution in [0.5, 0.6) is 0 Å². The molecule has 0 fully saturated rings. The Hall–Kier alpha value is -1.55. The first-order valence-electron chi connectivity index (χ1n) is 4.91. The van der Waals surface area contributed by atoms with Crippen molar-refractivity contribution in [3.05, 3.63) is 52.4 Å². The second-order valence-electron chi connectivity index (χ2n) is 3.44. The zero-order valence-corrected chi connectivity index (χ0v) is 9.99. The quantitative estimate of drug-likeness (QED) is 0.588.